The highest BCUT2D eigenvalue weighted by molar-refractivity contribution is 7.90. The van der Waals surface area contributed by atoms with Crippen LogP contribution in [0.1, 0.15) is 25.0 Å². The van der Waals surface area contributed by atoms with E-state index in [2.05, 4.69) is 24.5 Å². The molecule has 1 saturated heterocycles. The van der Waals surface area contributed by atoms with Gasteiger partial charge in [-0.1, -0.05) is 43.9 Å². The lowest BCUT2D eigenvalue weighted by atomic mass is 9.90. The van der Waals surface area contributed by atoms with Crippen LogP contribution in [0.5, 0.6) is 0 Å². The molecule has 0 spiro atoms. The van der Waals surface area contributed by atoms with E-state index in [1.54, 1.807) is 30.9 Å². The Balaban J connectivity index is 2.00. The number of aliphatic hydroxyl groups excluding tert-OH is 1. The maximum absolute atomic E-state index is 13.5. The standard InChI is InChI=1S/C25H26F6N2O4S2/c1-16(2)20(34)10-7-17-15-18(23(35,24(26,27)28)25(29,30)31)8-9-19(17)32-11-13-33(14-12-32)39(36,37)22-6-4-3-5-21(22)38/h3-6,8-9,15-16,20,34-35,38H,11-14H2,1-2H3/t20-/m0/s1. The molecule has 0 amide bonds. The molecule has 2 aromatic rings. The minimum Gasteiger partial charge on any atom is -0.380 e. The quantitative estimate of drug-likeness (QED) is 0.275. The molecule has 1 atom stereocenters. The first-order chi connectivity index (χ1) is 17.9. The molecule has 0 bridgehead atoms. The topological polar surface area (TPSA) is 81.1 Å². The van der Waals surface area contributed by atoms with Crippen LogP contribution in [0.15, 0.2) is 52.3 Å². The number of hydrogen-bond acceptors (Lipinski definition) is 6. The summed E-state index contributed by atoms with van der Waals surface area (Å²) < 4.78 is 108. The van der Waals surface area contributed by atoms with Crippen molar-refractivity contribution in [3.8, 4) is 11.8 Å². The second-order valence-corrected chi connectivity index (χ2v) is 11.6. The summed E-state index contributed by atoms with van der Waals surface area (Å²) in [5.41, 5.74) is -6.81. The van der Waals surface area contributed by atoms with E-state index in [0.717, 1.165) is 6.07 Å². The zero-order valence-corrected chi connectivity index (χ0v) is 22.5. The normalized spacial score (nSPS) is 16.7. The molecule has 0 radical (unpaired) electrons. The predicted molar refractivity (Wildman–Crippen MR) is 135 cm³/mol. The van der Waals surface area contributed by atoms with Crippen LogP contribution >= 0.6 is 12.6 Å². The Morgan fingerprint density at radius 1 is 0.949 bits per heavy atom. The van der Waals surface area contributed by atoms with Gasteiger partial charge in [0.1, 0.15) is 6.10 Å². The van der Waals surface area contributed by atoms with Gasteiger partial charge >= 0.3 is 12.4 Å². The first kappa shape index (κ1) is 31.1. The van der Waals surface area contributed by atoms with Gasteiger partial charge in [0.15, 0.2) is 0 Å². The van der Waals surface area contributed by atoms with E-state index in [0.29, 0.717) is 12.1 Å². The minimum absolute atomic E-state index is 0.000970. The molecular formula is C25H26F6N2O4S2. The molecule has 0 saturated carbocycles. The molecule has 1 aliphatic heterocycles. The smallest absolute Gasteiger partial charge is 0.380 e. The van der Waals surface area contributed by atoms with E-state index < -0.39 is 39.6 Å². The van der Waals surface area contributed by atoms with Crippen LogP contribution in [0.4, 0.5) is 32.0 Å². The van der Waals surface area contributed by atoms with Crippen LogP contribution in [-0.2, 0) is 15.6 Å². The van der Waals surface area contributed by atoms with E-state index in [4.69, 9.17) is 0 Å². The van der Waals surface area contributed by atoms with Crippen LogP contribution in [-0.4, -0.2) is 67.6 Å². The summed E-state index contributed by atoms with van der Waals surface area (Å²) >= 11 is 4.19. The van der Waals surface area contributed by atoms with Crippen LogP contribution in [0.2, 0.25) is 0 Å². The van der Waals surface area contributed by atoms with Crippen molar-refractivity contribution in [2.75, 3.05) is 31.1 Å². The number of rotatable bonds is 5. The maximum atomic E-state index is 13.5. The third-order valence-electron chi connectivity index (χ3n) is 6.28. The highest BCUT2D eigenvalue weighted by atomic mass is 32.2. The number of piperazine rings is 1. The highest BCUT2D eigenvalue weighted by Crippen LogP contribution is 2.50. The molecule has 14 heteroatoms. The lowest BCUT2D eigenvalue weighted by molar-refractivity contribution is -0.376. The second-order valence-electron chi connectivity index (χ2n) is 9.25. The van der Waals surface area contributed by atoms with Crippen LogP contribution in [0, 0.1) is 17.8 Å². The lowest BCUT2D eigenvalue weighted by Crippen LogP contribution is -2.54. The summed E-state index contributed by atoms with van der Waals surface area (Å²) in [5.74, 6) is 4.49. The average molecular weight is 597 g/mol. The van der Waals surface area contributed by atoms with Crippen molar-refractivity contribution >= 4 is 28.3 Å². The van der Waals surface area contributed by atoms with Gasteiger partial charge in [-0.3, -0.25) is 0 Å². The number of anilines is 1. The molecule has 1 heterocycles. The zero-order chi connectivity index (χ0) is 29.4. The van der Waals surface area contributed by atoms with Gasteiger partial charge in [-0.2, -0.15) is 30.6 Å². The molecule has 214 valence electrons. The lowest BCUT2D eigenvalue weighted by Gasteiger charge is -2.37. The maximum Gasteiger partial charge on any atom is 0.430 e. The molecule has 2 aromatic carbocycles. The molecule has 0 unspecified atom stereocenters. The highest BCUT2D eigenvalue weighted by Gasteiger charge is 2.71. The van der Waals surface area contributed by atoms with Gasteiger partial charge in [0.25, 0.3) is 5.60 Å². The average Bonchev–Trinajstić information content (AvgIpc) is 2.85. The largest absolute Gasteiger partial charge is 0.430 e. The number of nitrogens with zero attached hydrogens (tertiary/aromatic N) is 2. The molecule has 0 aliphatic carbocycles. The van der Waals surface area contributed by atoms with Crippen LogP contribution in [0.25, 0.3) is 0 Å². The van der Waals surface area contributed by atoms with E-state index in [-0.39, 0.29) is 53.1 Å². The molecule has 6 nitrogen and oxygen atoms in total. The molecule has 0 aromatic heterocycles. The third-order valence-corrected chi connectivity index (χ3v) is 8.78. The number of thiol groups is 1. The van der Waals surface area contributed by atoms with Crippen molar-refractivity contribution in [3.05, 3.63) is 53.6 Å². The van der Waals surface area contributed by atoms with Crippen molar-refractivity contribution in [2.24, 2.45) is 5.92 Å². The Kier molecular flexibility index (Phi) is 8.94. The van der Waals surface area contributed by atoms with Gasteiger partial charge in [-0.25, -0.2) is 8.42 Å². The summed E-state index contributed by atoms with van der Waals surface area (Å²) in [6.45, 7) is 3.23. The summed E-state index contributed by atoms with van der Waals surface area (Å²) in [6, 6.07) is 8.07. The Labute approximate surface area is 227 Å². The molecule has 1 fully saturated rings. The SMILES string of the molecule is CC(C)[C@@H](O)C#Cc1cc(C(O)(C(F)(F)F)C(F)(F)F)ccc1N1CCN(S(=O)(=O)c2ccccc2S)CC1. The fourth-order valence-electron chi connectivity index (χ4n) is 3.93. The Bertz CT molecular complexity index is 1350. The van der Waals surface area contributed by atoms with Gasteiger partial charge in [0, 0.05) is 42.2 Å². The molecule has 39 heavy (non-hydrogen) atoms. The van der Waals surface area contributed by atoms with Crippen molar-refractivity contribution in [1.82, 2.24) is 4.31 Å². The summed E-state index contributed by atoms with van der Waals surface area (Å²) in [4.78, 5) is 1.81. The fraction of sp³-hybridized carbons (Fsp3) is 0.440. The Hall–Kier alpha value is -2.44. The molecule has 1 aliphatic rings. The van der Waals surface area contributed by atoms with Crippen molar-refractivity contribution in [2.45, 2.75) is 47.7 Å². The van der Waals surface area contributed by atoms with Crippen molar-refractivity contribution in [3.63, 3.8) is 0 Å². The number of halogens is 6. The number of sulfonamides is 1. The summed E-state index contributed by atoms with van der Waals surface area (Å²) in [6.07, 6.45) is -13.4. The van der Waals surface area contributed by atoms with Gasteiger partial charge in [-0.15, -0.1) is 12.6 Å². The summed E-state index contributed by atoms with van der Waals surface area (Å²) in [5, 5.41) is 19.9. The predicted octanol–water partition coefficient (Wildman–Crippen LogP) is 4.17. The minimum atomic E-state index is -6.09. The molecular weight excluding hydrogens is 570 g/mol. The first-order valence-corrected chi connectivity index (χ1v) is 13.5. The van der Waals surface area contributed by atoms with Crippen LogP contribution < -0.4 is 4.90 Å². The Morgan fingerprint density at radius 3 is 2.03 bits per heavy atom. The zero-order valence-electron chi connectivity index (χ0n) is 20.8. The number of hydrogen-bond donors (Lipinski definition) is 3. The molecule has 2 N–H and O–H groups in total. The van der Waals surface area contributed by atoms with Crippen LogP contribution in [0.3, 0.4) is 0 Å². The third kappa shape index (κ3) is 6.17. The fourth-order valence-corrected chi connectivity index (χ4v) is 5.94. The first-order valence-electron chi connectivity index (χ1n) is 11.6. The monoisotopic (exact) mass is 596 g/mol. The summed E-state index contributed by atoms with van der Waals surface area (Å²) in [7, 11) is -3.91. The van der Waals surface area contributed by atoms with E-state index in [9.17, 15) is 45.0 Å². The Morgan fingerprint density at radius 2 is 1.51 bits per heavy atom. The van der Waals surface area contributed by atoms with Gasteiger partial charge in [-0.05, 0) is 30.2 Å². The van der Waals surface area contributed by atoms with E-state index in [1.807, 2.05) is 0 Å². The van der Waals surface area contributed by atoms with Gasteiger partial charge in [0.2, 0.25) is 10.0 Å². The van der Waals surface area contributed by atoms with E-state index in [1.165, 1.54) is 16.4 Å². The second kappa shape index (κ2) is 11.2. The number of aliphatic hydroxyl groups is 2. The number of alkyl halides is 6. The van der Waals surface area contributed by atoms with Crippen molar-refractivity contribution < 1.29 is 45.0 Å². The van der Waals surface area contributed by atoms with Crippen molar-refractivity contribution in [1.29, 1.82) is 0 Å². The van der Waals surface area contributed by atoms with Gasteiger partial charge in [0.05, 0.1) is 10.6 Å². The van der Waals surface area contributed by atoms with E-state index >= 15 is 0 Å². The number of benzene rings is 2. The van der Waals surface area contributed by atoms with Gasteiger partial charge < -0.3 is 15.1 Å². The molecule has 3 rings (SSSR count).